The lowest BCUT2D eigenvalue weighted by atomic mass is 10.0. The van der Waals surface area contributed by atoms with E-state index in [9.17, 15) is 9.90 Å². The van der Waals surface area contributed by atoms with Crippen molar-refractivity contribution in [2.75, 3.05) is 0 Å². The molecule has 0 aliphatic rings. The number of para-hydroxylation sites is 2. The van der Waals surface area contributed by atoms with Crippen LogP contribution in [0.1, 0.15) is 24.5 Å². The molecule has 0 radical (unpaired) electrons. The number of nitrogens with zero attached hydrogens (tertiary/aromatic N) is 1. The zero-order chi connectivity index (χ0) is 19.5. The van der Waals surface area contributed by atoms with Gasteiger partial charge in [-0.25, -0.2) is 0 Å². The Hall–Kier alpha value is -3.05. The first-order valence-corrected chi connectivity index (χ1v) is 9.75. The van der Waals surface area contributed by atoms with E-state index >= 15 is 0 Å². The van der Waals surface area contributed by atoms with E-state index in [1.807, 2.05) is 42.6 Å². The molecule has 0 aliphatic heterocycles. The van der Waals surface area contributed by atoms with Gasteiger partial charge in [-0.3, -0.25) is 10.1 Å². The minimum atomic E-state index is -0.831. The first kappa shape index (κ1) is 18.3. The van der Waals surface area contributed by atoms with Gasteiger partial charge < -0.3 is 14.7 Å². The summed E-state index contributed by atoms with van der Waals surface area (Å²) in [6.45, 7) is 3.64. The lowest BCUT2D eigenvalue weighted by Gasteiger charge is -2.14. The standard InChI is InChI=1S/C23H25N3O2/c1-2-11-26-15-17(19-8-4-6-10-22(19)26)14-25-21(23(27)28)12-16-13-24-20-9-5-3-7-18(16)20/h3-10,13,15,21,24-25H,2,11-12,14H2,1H3,(H,27,28)/t21-/m0/s1. The third-order valence-corrected chi connectivity index (χ3v) is 5.27. The number of hydrogen-bond acceptors (Lipinski definition) is 2. The Kier molecular flexibility index (Phi) is 5.17. The molecule has 0 amide bonds. The molecule has 0 saturated carbocycles. The Bertz CT molecular complexity index is 1110. The van der Waals surface area contributed by atoms with E-state index in [1.165, 1.54) is 10.9 Å². The molecular formula is C23H25N3O2. The number of hydrogen-bond donors (Lipinski definition) is 3. The predicted octanol–water partition coefficient (Wildman–Crippen LogP) is 4.32. The summed E-state index contributed by atoms with van der Waals surface area (Å²) < 4.78 is 2.25. The van der Waals surface area contributed by atoms with Crippen LogP contribution in [0.3, 0.4) is 0 Å². The van der Waals surface area contributed by atoms with Crippen LogP contribution < -0.4 is 5.32 Å². The molecule has 0 fully saturated rings. The lowest BCUT2D eigenvalue weighted by molar-refractivity contribution is -0.139. The predicted molar refractivity (Wildman–Crippen MR) is 112 cm³/mol. The third kappa shape index (κ3) is 3.53. The molecule has 2 aromatic heterocycles. The molecule has 5 nitrogen and oxygen atoms in total. The normalized spacial score (nSPS) is 12.6. The van der Waals surface area contributed by atoms with Gasteiger partial charge in [0.15, 0.2) is 0 Å². The molecule has 144 valence electrons. The Morgan fingerprint density at radius 3 is 2.64 bits per heavy atom. The zero-order valence-electron chi connectivity index (χ0n) is 16.0. The summed E-state index contributed by atoms with van der Waals surface area (Å²) >= 11 is 0. The van der Waals surface area contributed by atoms with Gasteiger partial charge in [-0.1, -0.05) is 43.3 Å². The summed E-state index contributed by atoms with van der Waals surface area (Å²) in [4.78, 5) is 15.1. The average molecular weight is 375 g/mol. The van der Waals surface area contributed by atoms with Crippen molar-refractivity contribution in [2.24, 2.45) is 0 Å². The van der Waals surface area contributed by atoms with Crippen molar-refractivity contribution in [3.63, 3.8) is 0 Å². The first-order valence-electron chi connectivity index (χ1n) is 9.75. The van der Waals surface area contributed by atoms with Gasteiger partial charge in [-0.05, 0) is 29.7 Å². The molecule has 0 saturated heterocycles. The second-order valence-corrected chi connectivity index (χ2v) is 7.20. The molecule has 4 rings (SSSR count). The number of nitrogens with one attached hydrogen (secondary N) is 2. The van der Waals surface area contributed by atoms with Crippen molar-refractivity contribution < 1.29 is 9.90 Å². The second-order valence-electron chi connectivity index (χ2n) is 7.20. The van der Waals surface area contributed by atoms with E-state index in [0.717, 1.165) is 35.0 Å². The lowest BCUT2D eigenvalue weighted by Crippen LogP contribution is -2.38. The number of carboxylic acids is 1. The maximum atomic E-state index is 11.9. The fourth-order valence-corrected chi connectivity index (χ4v) is 3.89. The summed E-state index contributed by atoms with van der Waals surface area (Å²) in [5.41, 5.74) is 4.38. The number of aliphatic carboxylic acids is 1. The number of fused-ring (bicyclic) bond motifs is 2. The molecule has 0 aliphatic carbocycles. The van der Waals surface area contributed by atoms with Gasteiger partial charge in [-0.15, -0.1) is 0 Å². The van der Waals surface area contributed by atoms with Crippen molar-refractivity contribution in [2.45, 2.75) is 38.9 Å². The number of carbonyl (C=O) groups is 1. The minimum absolute atomic E-state index is 0.437. The monoisotopic (exact) mass is 375 g/mol. The van der Waals surface area contributed by atoms with Crippen LogP contribution in [0.5, 0.6) is 0 Å². The molecule has 0 bridgehead atoms. The summed E-state index contributed by atoms with van der Waals surface area (Å²) in [7, 11) is 0. The first-order chi connectivity index (χ1) is 13.7. The highest BCUT2D eigenvalue weighted by molar-refractivity contribution is 5.85. The number of benzene rings is 2. The van der Waals surface area contributed by atoms with Gasteiger partial charge in [0.2, 0.25) is 0 Å². The number of aromatic nitrogens is 2. The van der Waals surface area contributed by atoms with E-state index in [4.69, 9.17) is 0 Å². The molecule has 28 heavy (non-hydrogen) atoms. The van der Waals surface area contributed by atoms with Crippen molar-refractivity contribution in [3.8, 4) is 0 Å². The Morgan fingerprint density at radius 1 is 1.11 bits per heavy atom. The highest BCUT2D eigenvalue weighted by Crippen LogP contribution is 2.23. The summed E-state index contributed by atoms with van der Waals surface area (Å²) in [5.74, 6) is -0.831. The van der Waals surface area contributed by atoms with E-state index in [0.29, 0.717) is 13.0 Å². The quantitative estimate of drug-likeness (QED) is 0.430. The number of aromatic amines is 1. The molecule has 5 heteroatoms. The van der Waals surface area contributed by atoms with Gasteiger partial charge in [0.05, 0.1) is 0 Å². The van der Waals surface area contributed by atoms with Crippen molar-refractivity contribution >= 4 is 27.8 Å². The fourth-order valence-electron chi connectivity index (χ4n) is 3.89. The highest BCUT2D eigenvalue weighted by atomic mass is 16.4. The fraction of sp³-hybridized carbons (Fsp3) is 0.261. The molecule has 0 spiro atoms. The van der Waals surface area contributed by atoms with Crippen LogP contribution in [-0.2, 0) is 24.3 Å². The van der Waals surface area contributed by atoms with Gasteiger partial charge in [0.1, 0.15) is 6.04 Å². The van der Waals surface area contributed by atoms with Gasteiger partial charge >= 0.3 is 5.97 Å². The Labute approximate surface area is 164 Å². The number of rotatable bonds is 8. The Balaban J connectivity index is 1.55. The topological polar surface area (TPSA) is 70.0 Å². The molecule has 1 atom stereocenters. The van der Waals surface area contributed by atoms with Gasteiger partial charge in [0.25, 0.3) is 0 Å². The maximum Gasteiger partial charge on any atom is 0.321 e. The van der Waals surface area contributed by atoms with Crippen LogP contribution in [0.15, 0.2) is 60.9 Å². The molecule has 2 aromatic carbocycles. The SMILES string of the molecule is CCCn1cc(CN[C@@H](Cc2c[nH]c3ccccc23)C(=O)O)c2ccccc21. The summed E-state index contributed by atoms with van der Waals surface area (Å²) in [6.07, 6.45) is 5.55. The van der Waals surface area contributed by atoms with Crippen LogP contribution in [0.25, 0.3) is 21.8 Å². The molecular weight excluding hydrogens is 350 g/mol. The van der Waals surface area contributed by atoms with Gasteiger partial charge in [0, 0.05) is 53.7 Å². The van der Waals surface area contributed by atoms with Crippen LogP contribution in [-0.4, -0.2) is 26.7 Å². The second kappa shape index (κ2) is 7.90. The van der Waals surface area contributed by atoms with Crippen molar-refractivity contribution in [1.29, 1.82) is 0 Å². The minimum Gasteiger partial charge on any atom is -0.480 e. The van der Waals surface area contributed by atoms with E-state index < -0.39 is 12.0 Å². The van der Waals surface area contributed by atoms with E-state index in [1.54, 1.807) is 0 Å². The summed E-state index contributed by atoms with van der Waals surface area (Å²) in [6, 6.07) is 15.6. The smallest absolute Gasteiger partial charge is 0.321 e. The highest BCUT2D eigenvalue weighted by Gasteiger charge is 2.20. The molecule has 4 aromatic rings. The third-order valence-electron chi connectivity index (χ3n) is 5.27. The molecule has 0 unspecified atom stereocenters. The Morgan fingerprint density at radius 2 is 1.86 bits per heavy atom. The molecule has 2 heterocycles. The zero-order valence-corrected chi connectivity index (χ0v) is 16.0. The van der Waals surface area contributed by atoms with E-state index in [-0.39, 0.29) is 0 Å². The van der Waals surface area contributed by atoms with Gasteiger partial charge in [-0.2, -0.15) is 0 Å². The number of aryl methyl sites for hydroxylation is 1. The number of carboxylic acid groups (broad SMARTS) is 1. The van der Waals surface area contributed by atoms with Crippen LogP contribution >= 0.6 is 0 Å². The van der Waals surface area contributed by atoms with Crippen molar-refractivity contribution in [3.05, 3.63) is 72.1 Å². The van der Waals surface area contributed by atoms with Crippen LogP contribution in [0.4, 0.5) is 0 Å². The van der Waals surface area contributed by atoms with Crippen LogP contribution in [0.2, 0.25) is 0 Å². The maximum absolute atomic E-state index is 11.9. The number of H-pyrrole nitrogens is 1. The largest absolute Gasteiger partial charge is 0.480 e. The van der Waals surface area contributed by atoms with E-state index in [2.05, 4.69) is 40.1 Å². The van der Waals surface area contributed by atoms with Crippen LogP contribution in [0, 0.1) is 0 Å². The summed E-state index contributed by atoms with van der Waals surface area (Å²) in [5, 5.41) is 15.3. The van der Waals surface area contributed by atoms with Crippen molar-refractivity contribution in [1.82, 2.24) is 14.9 Å². The molecule has 3 N–H and O–H groups in total. The average Bonchev–Trinajstić information content (AvgIpc) is 3.27.